The lowest BCUT2D eigenvalue weighted by atomic mass is 10.0. The molecule has 1 unspecified atom stereocenters. The van der Waals surface area contributed by atoms with Crippen LogP contribution in [0.2, 0.25) is 0 Å². The van der Waals surface area contributed by atoms with Gasteiger partial charge in [-0.3, -0.25) is 14.5 Å². The summed E-state index contributed by atoms with van der Waals surface area (Å²) in [6.07, 6.45) is 0.603. The molecule has 0 saturated carbocycles. The van der Waals surface area contributed by atoms with Gasteiger partial charge < -0.3 is 14.2 Å². The van der Waals surface area contributed by atoms with Crippen molar-refractivity contribution in [1.29, 1.82) is 0 Å². The highest BCUT2D eigenvalue weighted by Gasteiger charge is 2.41. The molecule has 7 nitrogen and oxygen atoms in total. The minimum Gasteiger partial charge on any atom is -0.483 e. The molecule has 1 aliphatic heterocycles. The van der Waals surface area contributed by atoms with Gasteiger partial charge in [0.05, 0.1) is 25.4 Å². The molecule has 1 aromatic rings. The Morgan fingerprint density at radius 3 is 2.35 bits per heavy atom. The number of esters is 2. The van der Waals surface area contributed by atoms with Crippen molar-refractivity contribution in [2.24, 2.45) is 0 Å². The van der Waals surface area contributed by atoms with E-state index in [2.05, 4.69) is 4.74 Å². The molecule has 0 fully saturated rings. The van der Waals surface area contributed by atoms with Crippen molar-refractivity contribution >= 4 is 23.5 Å². The number of hydrogen-bond donors (Lipinski definition) is 0. The van der Waals surface area contributed by atoms with Gasteiger partial charge in [-0.15, -0.1) is 0 Å². The SMILES string of the molecule is CCOC(=O)CN1C(=O)C(OC(C)CC)=C1c1ccc(C(=O)OC)cc1. The van der Waals surface area contributed by atoms with E-state index in [1.807, 2.05) is 13.8 Å². The highest BCUT2D eigenvalue weighted by Crippen LogP contribution is 2.35. The first kappa shape index (κ1) is 19.5. The number of benzene rings is 1. The topological polar surface area (TPSA) is 82.1 Å². The molecule has 0 radical (unpaired) electrons. The summed E-state index contributed by atoms with van der Waals surface area (Å²) in [5, 5.41) is 0. The van der Waals surface area contributed by atoms with Crippen LogP contribution >= 0.6 is 0 Å². The zero-order chi connectivity index (χ0) is 19.3. The van der Waals surface area contributed by atoms with Gasteiger partial charge in [-0.2, -0.15) is 0 Å². The normalized spacial score (nSPS) is 14.6. The minimum atomic E-state index is -0.493. The molecule has 0 aliphatic carbocycles. The van der Waals surface area contributed by atoms with Crippen molar-refractivity contribution in [1.82, 2.24) is 4.90 Å². The maximum Gasteiger partial charge on any atom is 0.337 e. The summed E-state index contributed by atoms with van der Waals surface area (Å²) in [5.41, 5.74) is 1.57. The van der Waals surface area contributed by atoms with Crippen molar-refractivity contribution in [2.45, 2.75) is 33.3 Å². The van der Waals surface area contributed by atoms with Crippen LogP contribution in [-0.2, 0) is 23.8 Å². The van der Waals surface area contributed by atoms with Crippen LogP contribution in [0.3, 0.4) is 0 Å². The molecule has 26 heavy (non-hydrogen) atoms. The fraction of sp³-hybridized carbons (Fsp3) is 0.421. The fourth-order valence-electron chi connectivity index (χ4n) is 2.44. The number of hydrogen-bond acceptors (Lipinski definition) is 6. The molecule has 7 heteroatoms. The van der Waals surface area contributed by atoms with Crippen molar-refractivity contribution in [3.8, 4) is 0 Å². The molecule has 0 bridgehead atoms. The van der Waals surface area contributed by atoms with Gasteiger partial charge in [0.2, 0.25) is 5.76 Å². The second kappa shape index (κ2) is 8.51. The van der Waals surface area contributed by atoms with E-state index in [1.165, 1.54) is 12.0 Å². The van der Waals surface area contributed by atoms with Crippen molar-refractivity contribution in [3.05, 3.63) is 41.2 Å². The second-order valence-electron chi connectivity index (χ2n) is 5.78. The van der Waals surface area contributed by atoms with E-state index in [1.54, 1.807) is 31.2 Å². The maximum atomic E-state index is 12.4. The van der Waals surface area contributed by atoms with Gasteiger partial charge in [-0.1, -0.05) is 19.1 Å². The van der Waals surface area contributed by atoms with Crippen LogP contribution in [0.15, 0.2) is 30.0 Å². The summed E-state index contributed by atoms with van der Waals surface area (Å²) in [7, 11) is 1.31. The number of nitrogens with zero attached hydrogens (tertiary/aromatic N) is 1. The lowest BCUT2D eigenvalue weighted by Crippen LogP contribution is -2.46. The van der Waals surface area contributed by atoms with Gasteiger partial charge in [0.25, 0.3) is 5.91 Å². The highest BCUT2D eigenvalue weighted by atomic mass is 16.5. The molecule has 0 saturated heterocycles. The van der Waals surface area contributed by atoms with Gasteiger partial charge in [-0.25, -0.2) is 4.79 Å². The van der Waals surface area contributed by atoms with Crippen LogP contribution in [0.25, 0.3) is 5.70 Å². The zero-order valence-corrected chi connectivity index (χ0v) is 15.4. The summed E-state index contributed by atoms with van der Waals surface area (Å²) < 4.78 is 15.3. The van der Waals surface area contributed by atoms with Crippen LogP contribution < -0.4 is 0 Å². The molecule has 1 atom stereocenters. The third-order valence-electron chi connectivity index (χ3n) is 3.99. The summed E-state index contributed by atoms with van der Waals surface area (Å²) in [6, 6.07) is 6.57. The summed E-state index contributed by atoms with van der Waals surface area (Å²) in [4.78, 5) is 37.1. The number of carbonyl (C=O) groups is 3. The molecule has 1 aromatic carbocycles. The van der Waals surface area contributed by atoms with Crippen molar-refractivity contribution in [3.63, 3.8) is 0 Å². The first-order chi connectivity index (χ1) is 12.4. The average molecular weight is 361 g/mol. The predicted octanol–water partition coefficient (Wildman–Crippen LogP) is 2.36. The van der Waals surface area contributed by atoms with Gasteiger partial charge in [-0.05, 0) is 32.4 Å². The van der Waals surface area contributed by atoms with Crippen LogP contribution in [0, 0.1) is 0 Å². The number of methoxy groups -OCH3 is 1. The summed E-state index contributed by atoms with van der Waals surface area (Å²) in [5.74, 6) is -1.08. The fourth-order valence-corrected chi connectivity index (χ4v) is 2.44. The Morgan fingerprint density at radius 2 is 1.81 bits per heavy atom. The van der Waals surface area contributed by atoms with E-state index >= 15 is 0 Å². The van der Waals surface area contributed by atoms with E-state index in [4.69, 9.17) is 9.47 Å². The highest BCUT2D eigenvalue weighted by molar-refractivity contribution is 6.13. The molecular formula is C19H23NO6. The Morgan fingerprint density at radius 1 is 1.15 bits per heavy atom. The zero-order valence-electron chi connectivity index (χ0n) is 15.4. The lowest BCUT2D eigenvalue weighted by Gasteiger charge is -2.36. The van der Waals surface area contributed by atoms with E-state index < -0.39 is 11.9 Å². The first-order valence-corrected chi connectivity index (χ1v) is 8.50. The second-order valence-corrected chi connectivity index (χ2v) is 5.78. The van der Waals surface area contributed by atoms with E-state index in [0.717, 1.165) is 6.42 Å². The number of carbonyl (C=O) groups excluding carboxylic acids is 3. The number of rotatable bonds is 8. The minimum absolute atomic E-state index is 0.136. The lowest BCUT2D eigenvalue weighted by molar-refractivity contribution is -0.148. The maximum absolute atomic E-state index is 12.4. The molecule has 0 aromatic heterocycles. The molecule has 2 rings (SSSR count). The van der Waals surface area contributed by atoms with Crippen LogP contribution in [0.5, 0.6) is 0 Å². The Labute approximate surface area is 152 Å². The van der Waals surface area contributed by atoms with Gasteiger partial charge in [0, 0.05) is 5.56 Å². The Kier molecular flexibility index (Phi) is 6.38. The molecule has 0 spiro atoms. The molecule has 0 N–H and O–H groups in total. The first-order valence-electron chi connectivity index (χ1n) is 8.50. The summed E-state index contributed by atoms with van der Waals surface area (Å²) in [6.45, 7) is 5.58. The van der Waals surface area contributed by atoms with E-state index in [9.17, 15) is 14.4 Å². The molecule has 140 valence electrons. The third kappa shape index (κ3) is 4.04. The number of amides is 1. The Bertz CT molecular complexity index is 722. The van der Waals surface area contributed by atoms with Gasteiger partial charge in [0.15, 0.2) is 0 Å². The van der Waals surface area contributed by atoms with Gasteiger partial charge >= 0.3 is 11.9 Å². The number of ether oxygens (including phenoxy) is 3. The molecule has 1 heterocycles. The van der Waals surface area contributed by atoms with Crippen LogP contribution in [0.1, 0.15) is 43.1 Å². The standard InChI is InChI=1S/C19H23NO6/c1-5-12(3)26-17-16(20(18(17)22)11-15(21)25-6-2)13-7-9-14(10-8-13)19(23)24-4/h7-10,12H,5-6,11H2,1-4H3. The Balaban J connectivity index is 2.33. The van der Waals surface area contributed by atoms with Crippen LogP contribution in [0.4, 0.5) is 0 Å². The van der Waals surface area contributed by atoms with E-state index in [0.29, 0.717) is 16.8 Å². The average Bonchev–Trinajstić information content (AvgIpc) is 2.66. The molecule has 1 aliphatic rings. The van der Waals surface area contributed by atoms with Gasteiger partial charge in [0.1, 0.15) is 12.2 Å². The Hall–Kier alpha value is -2.83. The van der Waals surface area contributed by atoms with Crippen molar-refractivity contribution < 1.29 is 28.6 Å². The van der Waals surface area contributed by atoms with Crippen molar-refractivity contribution in [2.75, 3.05) is 20.3 Å². The van der Waals surface area contributed by atoms with Crippen LogP contribution in [-0.4, -0.2) is 49.1 Å². The van der Waals surface area contributed by atoms with E-state index in [-0.39, 0.29) is 30.9 Å². The largest absolute Gasteiger partial charge is 0.483 e. The summed E-state index contributed by atoms with van der Waals surface area (Å²) >= 11 is 0. The molecular weight excluding hydrogens is 338 g/mol. The quantitative estimate of drug-likeness (QED) is 0.661. The smallest absolute Gasteiger partial charge is 0.337 e. The monoisotopic (exact) mass is 361 g/mol. The third-order valence-corrected chi connectivity index (χ3v) is 3.99. The predicted molar refractivity (Wildman–Crippen MR) is 93.9 cm³/mol. The molecule has 1 amide bonds.